The largest absolute Gasteiger partial charge is 0.480 e. The van der Waals surface area contributed by atoms with Crippen molar-refractivity contribution in [2.45, 2.75) is 13.5 Å². The third kappa shape index (κ3) is 3.48. The molecule has 1 heterocycles. The van der Waals surface area contributed by atoms with Crippen molar-refractivity contribution in [1.29, 1.82) is 0 Å². The molecule has 0 aliphatic heterocycles. The third-order valence-electron chi connectivity index (χ3n) is 3.51. The molecule has 0 radical (unpaired) electrons. The number of nitrogens with zero attached hydrogens (tertiary/aromatic N) is 2. The predicted molar refractivity (Wildman–Crippen MR) is 88.4 cm³/mol. The van der Waals surface area contributed by atoms with Crippen molar-refractivity contribution in [3.05, 3.63) is 64.0 Å². The van der Waals surface area contributed by atoms with Crippen LogP contribution < -0.4 is 4.80 Å². The number of fused-ring (bicyclic) bond motifs is 1. The molecule has 0 aliphatic carbocycles. The summed E-state index contributed by atoms with van der Waals surface area (Å²) in [6, 6.07) is 8.58. The normalized spacial score (nSPS) is 11.9. The molecule has 0 spiro atoms. The van der Waals surface area contributed by atoms with E-state index in [-0.39, 0.29) is 10.3 Å². The summed E-state index contributed by atoms with van der Waals surface area (Å²) in [6.45, 7) is 1.35. The van der Waals surface area contributed by atoms with Gasteiger partial charge in [-0.3, -0.25) is 9.59 Å². The first-order valence-corrected chi connectivity index (χ1v) is 8.02. The number of halogens is 2. The number of carbonyl (C=O) groups is 2. The zero-order valence-corrected chi connectivity index (χ0v) is 13.8. The first-order valence-electron chi connectivity index (χ1n) is 7.21. The Kier molecular flexibility index (Phi) is 4.45. The van der Waals surface area contributed by atoms with Gasteiger partial charge in [0.15, 0.2) is 16.4 Å². The molecule has 3 aromatic rings. The second-order valence-electron chi connectivity index (χ2n) is 5.38. The number of carbonyl (C=O) groups excluding carboxylic acids is 1. The molecule has 1 N–H and O–H groups in total. The van der Waals surface area contributed by atoms with E-state index in [1.54, 1.807) is 24.3 Å². The highest BCUT2D eigenvalue weighted by atomic mass is 32.1. The summed E-state index contributed by atoms with van der Waals surface area (Å²) in [5.41, 5.74) is 1.48. The van der Waals surface area contributed by atoms with Gasteiger partial charge in [0.1, 0.15) is 6.54 Å². The van der Waals surface area contributed by atoms with Gasteiger partial charge in [-0.15, -0.1) is 0 Å². The fourth-order valence-corrected chi connectivity index (χ4v) is 3.32. The van der Waals surface area contributed by atoms with Gasteiger partial charge in [0.2, 0.25) is 0 Å². The van der Waals surface area contributed by atoms with Gasteiger partial charge in [0, 0.05) is 11.6 Å². The van der Waals surface area contributed by atoms with E-state index >= 15 is 0 Å². The molecular formula is C17H12F2N2O3S. The van der Waals surface area contributed by atoms with E-state index in [0.717, 1.165) is 29.0 Å². The van der Waals surface area contributed by atoms with Gasteiger partial charge in [-0.05, 0) is 25.1 Å². The summed E-state index contributed by atoms with van der Waals surface area (Å²) in [7, 11) is 0. The van der Waals surface area contributed by atoms with Crippen LogP contribution in [-0.4, -0.2) is 21.6 Å². The lowest BCUT2D eigenvalue weighted by molar-refractivity contribution is -0.137. The smallest absolute Gasteiger partial charge is 0.323 e. The number of aryl methyl sites for hydroxylation is 1. The van der Waals surface area contributed by atoms with E-state index in [4.69, 9.17) is 5.11 Å². The molecule has 0 aliphatic rings. The van der Waals surface area contributed by atoms with Crippen LogP contribution in [0.5, 0.6) is 0 Å². The summed E-state index contributed by atoms with van der Waals surface area (Å²) in [6.07, 6.45) is 0. The molecule has 1 aromatic heterocycles. The van der Waals surface area contributed by atoms with Crippen molar-refractivity contribution in [3.63, 3.8) is 0 Å². The first kappa shape index (κ1) is 17.0. The molecule has 0 bridgehead atoms. The van der Waals surface area contributed by atoms with Gasteiger partial charge in [0.25, 0.3) is 5.91 Å². The second kappa shape index (κ2) is 6.56. The molecule has 3 rings (SSSR count). The lowest BCUT2D eigenvalue weighted by atomic mass is 10.1. The van der Waals surface area contributed by atoms with Crippen LogP contribution >= 0.6 is 11.3 Å². The zero-order valence-electron chi connectivity index (χ0n) is 13.0. The maximum absolute atomic E-state index is 13.5. The average molecular weight is 362 g/mol. The lowest BCUT2D eigenvalue weighted by Gasteiger charge is -2.02. The number of aliphatic carboxylic acids is 1. The van der Waals surface area contributed by atoms with Crippen molar-refractivity contribution < 1.29 is 23.5 Å². The van der Waals surface area contributed by atoms with Crippen molar-refractivity contribution in [2.75, 3.05) is 0 Å². The molecule has 25 heavy (non-hydrogen) atoms. The Morgan fingerprint density at radius 1 is 1.16 bits per heavy atom. The highest BCUT2D eigenvalue weighted by molar-refractivity contribution is 7.16. The Hall–Kier alpha value is -2.87. The predicted octanol–water partition coefficient (Wildman–Crippen LogP) is 3.12. The standard InChI is InChI=1S/C17H12F2N2O3S/c1-9-2-4-10(5-3-9)16(24)20-17-21(8-15(22)23)13-6-11(18)12(19)7-14(13)25-17/h2-7H,8H2,1H3,(H,22,23). The van der Waals surface area contributed by atoms with Gasteiger partial charge >= 0.3 is 5.97 Å². The molecule has 5 nitrogen and oxygen atoms in total. The molecule has 8 heteroatoms. The minimum atomic E-state index is -1.19. The molecule has 0 atom stereocenters. The van der Waals surface area contributed by atoms with Crippen molar-refractivity contribution in [3.8, 4) is 0 Å². The minimum Gasteiger partial charge on any atom is -0.480 e. The maximum atomic E-state index is 13.5. The summed E-state index contributed by atoms with van der Waals surface area (Å²) in [5.74, 6) is -3.89. The summed E-state index contributed by atoms with van der Waals surface area (Å²) in [4.78, 5) is 27.4. The number of carboxylic acids is 1. The molecule has 0 saturated heterocycles. The van der Waals surface area contributed by atoms with E-state index in [1.807, 2.05) is 6.92 Å². The summed E-state index contributed by atoms with van der Waals surface area (Å²) in [5, 5.41) is 9.06. The van der Waals surface area contributed by atoms with E-state index < -0.39 is 30.1 Å². The van der Waals surface area contributed by atoms with Gasteiger partial charge in [-0.1, -0.05) is 29.0 Å². The molecule has 0 saturated carbocycles. The number of carboxylic acid groups (broad SMARTS) is 1. The van der Waals surface area contributed by atoms with E-state index in [0.29, 0.717) is 10.3 Å². The average Bonchev–Trinajstić information content (AvgIpc) is 2.85. The van der Waals surface area contributed by atoms with Crippen LogP contribution in [-0.2, 0) is 11.3 Å². The summed E-state index contributed by atoms with van der Waals surface area (Å²) < 4.78 is 28.4. The number of benzene rings is 2. The van der Waals surface area contributed by atoms with Crippen LogP contribution in [0.25, 0.3) is 10.2 Å². The Morgan fingerprint density at radius 3 is 2.44 bits per heavy atom. The van der Waals surface area contributed by atoms with Crippen LogP contribution in [0.4, 0.5) is 8.78 Å². The molecule has 2 aromatic carbocycles. The van der Waals surface area contributed by atoms with Gasteiger partial charge < -0.3 is 9.67 Å². The maximum Gasteiger partial charge on any atom is 0.323 e. The van der Waals surface area contributed by atoms with Gasteiger partial charge in [0.05, 0.1) is 10.2 Å². The van der Waals surface area contributed by atoms with Crippen LogP contribution in [0.15, 0.2) is 41.4 Å². The van der Waals surface area contributed by atoms with Gasteiger partial charge in [-0.25, -0.2) is 8.78 Å². The number of aromatic nitrogens is 1. The van der Waals surface area contributed by atoms with Crippen molar-refractivity contribution in [2.24, 2.45) is 4.99 Å². The van der Waals surface area contributed by atoms with E-state index in [1.165, 1.54) is 4.57 Å². The SMILES string of the molecule is Cc1ccc(C(=O)N=c2sc3cc(F)c(F)cc3n2CC(=O)O)cc1. The second-order valence-corrected chi connectivity index (χ2v) is 6.39. The Bertz CT molecular complexity index is 1050. The van der Waals surface area contributed by atoms with E-state index in [2.05, 4.69) is 4.99 Å². The number of hydrogen-bond acceptors (Lipinski definition) is 3. The molecular weight excluding hydrogens is 350 g/mol. The van der Waals surface area contributed by atoms with Crippen LogP contribution in [0.3, 0.4) is 0 Å². The fourth-order valence-electron chi connectivity index (χ4n) is 2.29. The topological polar surface area (TPSA) is 71.7 Å². The van der Waals surface area contributed by atoms with Crippen LogP contribution in [0, 0.1) is 18.6 Å². The lowest BCUT2D eigenvalue weighted by Crippen LogP contribution is -2.21. The number of hydrogen-bond donors (Lipinski definition) is 1. The van der Waals surface area contributed by atoms with Crippen LogP contribution in [0.2, 0.25) is 0 Å². The molecule has 1 amide bonds. The zero-order chi connectivity index (χ0) is 18.1. The summed E-state index contributed by atoms with van der Waals surface area (Å²) >= 11 is 0.920. The van der Waals surface area contributed by atoms with Crippen molar-refractivity contribution >= 4 is 33.4 Å². The minimum absolute atomic E-state index is 0.0629. The third-order valence-corrected chi connectivity index (χ3v) is 4.56. The monoisotopic (exact) mass is 362 g/mol. The Morgan fingerprint density at radius 2 is 1.80 bits per heavy atom. The Labute approximate surface area is 144 Å². The molecule has 0 fully saturated rings. The van der Waals surface area contributed by atoms with Crippen molar-refractivity contribution in [1.82, 2.24) is 4.57 Å². The molecule has 0 unspecified atom stereocenters. The highest BCUT2D eigenvalue weighted by Crippen LogP contribution is 2.21. The van der Waals surface area contributed by atoms with Gasteiger partial charge in [-0.2, -0.15) is 4.99 Å². The number of amides is 1. The first-order chi connectivity index (χ1) is 11.8. The van der Waals surface area contributed by atoms with E-state index in [9.17, 15) is 18.4 Å². The number of thiazole rings is 1. The molecule has 128 valence electrons. The highest BCUT2D eigenvalue weighted by Gasteiger charge is 2.14. The fraction of sp³-hybridized carbons (Fsp3) is 0.118. The quantitative estimate of drug-likeness (QED) is 0.778. The van der Waals surface area contributed by atoms with Crippen LogP contribution in [0.1, 0.15) is 15.9 Å². The number of rotatable bonds is 3. The Balaban J connectivity index is 2.18.